The van der Waals surface area contributed by atoms with Crippen LogP contribution in [0.4, 0.5) is 0 Å². The van der Waals surface area contributed by atoms with Crippen molar-refractivity contribution in [2.75, 3.05) is 19.6 Å². The van der Waals surface area contributed by atoms with Crippen molar-refractivity contribution in [3.05, 3.63) is 24.3 Å². The average Bonchev–Trinajstić information content (AvgIpc) is 2.69. The van der Waals surface area contributed by atoms with Gasteiger partial charge in [-0.05, 0) is 19.3 Å². The molecule has 1 N–H and O–H groups in total. The first-order chi connectivity index (χ1) is 6.45. The number of rotatable bonds is 3. The summed E-state index contributed by atoms with van der Waals surface area (Å²) in [4.78, 5) is 1.83. The molecule has 0 spiro atoms. The number of hydrogen-bond donors (Lipinski definition) is 1. The van der Waals surface area contributed by atoms with Crippen molar-refractivity contribution < 1.29 is 4.90 Å². The van der Waals surface area contributed by atoms with Crippen molar-refractivity contribution in [2.24, 2.45) is 5.92 Å². The smallest absolute Gasteiger partial charge is 0.0779 e. The molecule has 1 heteroatoms. The molecule has 1 fully saturated rings. The molecule has 0 aromatic heterocycles. The first-order valence-corrected chi connectivity index (χ1v) is 5.64. The Kier molecular flexibility index (Phi) is 3.20. The van der Waals surface area contributed by atoms with Crippen molar-refractivity contribution in [3.8, 4) is 0 Å². The second-order valence-electron chi connectivity index (χ2n) is 4.28. The second kappa shape index (κ2) is 4.61. The summed E-state index contributed by atoms with van der Waals surface area (Å²) in [6, 6.07) is 0. The summed E-state index contributed by atoms with van der Waals surface area (Å²) >= 11 is 0. The number of hydrogen-bond acceptors (Lipinski definition) is 0. The highest BCUT2D eigenvalue weighted by Crippen LogP contribution is 2.11. The molecule has 1 aliphatic carbocycles. The molecule has 0 aromatic rings. The van der Waals surface area contributed by atoms with Gasteiger partial charge < -0.3 is 4.90 Å². The van der Waals surface area contributed by atoms with Gasteiger partial charge in [-0.2, -0.15) is 0 Å². The fourth-order valence-electron chi connectivity index (χ4n) is 2.34. The standard InChI is InChI=1S/C12H19N/c1-4-9-13(10-5-1)11-8-12-6-2-3-7-12/h2-3,6-7,12H,1,4-5,8-11H2/p+1. The number of quaternary nitrogens is 1. The molecule has 0 unspecified atom stereocenters. The van der Waals surface area contributed by atoms with Gasteiger partial charge in [0, 0.05) is 12.3 Å². The van der Waals surface area contributed by atoms with E-state index in [1.54, 1.807) is 0 Å². The molecule has 1 nitrogen and oxygen atoms in total. The van der Waals surface area contributed by atoms with Crippen LogP contribution < -0.4 is 4.90 Å². The van der Waals surface area contributed by atoms with Gasteiger partial charge in [0.2, 0.25) is 0 Å². The van der Waals surface area contributed by atoms with Gasteiger partial charge in [-0.25, -0.2) is 0 Å². The SMILES string of the molecule is C1=CC(CC[NH+]2CCCCC2)C=C1. The molecule has 1 heterocycles. The summed E-state index contributed by atoms with van der Waals surface area (Å²) in [6.45, 7) is 4.21. The Bertz CT molecular complexity index is 187. The van der Waals surface area contributed by atoms with E-state index in [1.165, 1.54) is 45.3 Å². The topological polar surface area (TPSA) is 4.44 Å². The third-order valence-corrected chi connectivity index (χ3v) is 3.22. The molecule has 13 heavy (non-hydrogen) atoms. The highest BCUT2D eigenvalue weighted by molar-refractivity contribution is 5.17. The van der Waals surface area contributed by atoms with Crippen LogP contribution >= 0.6 is 0 Å². The van der Waals surface area contributed by atoms with Crippen LogP contribution in [0.1, 0.15) is 25.7 Å². The van der Waals surface area contributed by atoms with E-state index in [-0.39, 0.29) is 0 Å². The molecule has 1 saturated heterocycles. The molecule has 0 amide bonds. The summed E-state index contributed by atoms with van der Waals surface area (Å²) in [5.41, 5.74) is 0. The van der Waals surface area contributed by atoms with Gasteiger partial charge in [0.25, 0.3) is 0 Å². The molecule has 0 saturated carbocycles. The van der Waals surface area contributed by atoms with E-state index in [0.29, 0.717) is 0 Å². The van der Waals surface area contributed by atoms with Gasteiger partial charge in [0.15, 0.2) is 0 Å². The molecule has 2 rings (SSSR count). The second-order valence-corrected chi connectivity index (χ2v) is 4.28. The Hall–Kier alpha value is -0.560. The fraction of sp³-hybridized carbons (Fsp3) is 0.667. The monoisotopic (exact) mass is 178 g/mol. The van der Waals surface area contributed by atoms with Crippen molar-refractivity contribution in [3.63, 3.8) is 0 Å². The minimum absolute atomic E-state index is 0.745. The number of nitrogens with one attached hydrogen (secondary N) is 1. The Morgan fingerprint density at radius 1 is 1.00 bits per heavy atom. The maximum atomic E-state index is 2.32. The lowest BCUT2D eigenvalue weighted by atomic mass is 10.1. The lowest BCUT2D eigenvalue weighted by molar-refractivity contribution is -0.905. The molecule has 0 radical (unpaired) electrons. The van der Waals surface area contributed by atoms with E-state index in [1.807, 2.05) is 4.90 Å². The van der Waals surface area contributed by atoms with Crippen LogP contribution in [0.3, 0.4) is 0 Å². The van der Waals surface area contributed by atoms with Crippen LogP contribution in [0, 0.1) is 5.92 Å². The quantitative estimate of drug-likeness (QED) is 0.662. The highest BCUT2D eigenvalue weighted by Gasteiger charge is 2.14. The van der Waals surface area contributed by atoms with Crippen LogP contribution in [0.2, 0.25) is 0 Å². The Balaban J connectivity index is 1.66. The van der Waals surface area contributed by atoms with Gasteiger partial charge in [-0.3, -0.25) is 0 Å². The van der Waals surface area contributed by atoms with Crippen molar-refractivity contribution in [2.45, 2.75) is 25.7 Å². The molecular formula is C12H20N+. The van der Waals surface area contributed by atoms with E-state index >= 15 is 0 Å². The van der Waals surface area contributed by atoms with Crippen LogP contribution in [0.25, 0.3) is 0 Å². The normalized spacial score (nSPS) is 24.3. The summed E-state index contributed by atoms with van der Waals surface area (Å²) in [6.07, 6.45) is 14.7. The first kappa shape index (κ1) is 9.01. The predicted octanol–water partition coefficient (Wildman–Crippen LogP) is 1.19. The third kappa shape index (κ3) is 2.70. The number of piperidine rings is 1. The van der Waals surface area contributed by atoms with Crippen molar-refractivity contribution in [1.82, 2.24) is 0 Å². The lowest BCUT2D eigenvalue weighted by Crippen LogP contribution is -3.12. The van der Waals surface area contributed by atoms with Gasteiger partial charge in [-0.1, -0.05) is 24.3 Å². The van der Waals surface area contributed by atoms with Crippen LogP contribution in [0.15, 0.2) is 24.3 Å². The van der Waals surface area contributed by atoms with Gasteiger partial charge in [-0.15, -0.1) is 0 Å². The summed E-state index contributed by atoms with van der Waals surface area (Å²) < 4.78 is 0. The summed E-state index contributed by atoms with van der Waals surface area (Å²) in [5.74, 6) is 0.745. The van der Waals surface area contributed by atoms with Gasteiger partial charge in [0.1, 0.15) is 0 Å². The third-order valence-electron chi connectivity index (χ3n) is 3.22. The maximum Gasteiger partial charge on any atom is 0.0779 e. The minimum atomic E-state index is 0.745. The number of allylic oxidation sites excluding steroid dienone is 4. The largest absolute Gasteiger partial charge is 0.335 e. The zero-order valence-electron chi connectivity index (χ0n) is 8.34. The van der Waals surface area contributed by atoms with E-state index in [2.05, 4.69) is 24.3 Å². The molecular weight excluding hydrogens is 158 g/mol. The summed E-state index contributed by atoms with van der Waals surface area (Å²) in [7, 11) is 0. The lowest BCUT2D eigenvalue weighted by Gasteiger charge is -2.24. The minimum Gasteiger partial charge on any atom is -0.335 e. The molecule has 1 aliphatic heterocycles. The highest BCUT2D eigenvalue weighted by atomic mass is 15.1. The van der Waals surface area contributed by atoms with Gasteiger partial charge in [0.05, 0.1) is 19.6 Å². The fourth-order valence-corrected chi connectivity index (χ4v) is 2.34. The van der Waals surface area contributed by atoms with Crippen LogP contribution in [-0.4, -0.2) is 19.6 Å². The first-order valence-electron chi connectivity index (χ1n) is 5.64. The van der Waals surface area contributed by atoms with E-state index in [4.69, 9.17) is 0 Å². The van der Waals surface area contributed by atoms with Gasteiger partial charge >= 0.3 is 0 Å². The zero-order valence-corrected chi connectivity index (χ0v) is 8.34. The van der Waals surface area contributed by atoms with Crippen LogP contribution in [-0.2, 0) is 0 Å². The molecule has 0 atom stereocenters. The molecule has 0 bridgehead atoms. The van der Waals surface area contributed by atoms with Crippen molar-refractivity contribution in [1.29, 1.82) is 0 Å². The van der Waals surface area contributed by atoms with E-state index < -0.39 is 0 Å². The zero-order chi connectivity index (χ0) is 8.93. The predicted molar refractivity (Wildman–Crippen MR) is 55.8 cm³/mol. The molecule has 72 valence electrons. The average molecular weight is 178 g/mol. The summed E-state index contributed by atoms with van der Waals surface area (Å²) in [5, 5.41) is 0. The molecule has 0 aromatic carbocycles. The van der Waals surface area contributed by atoms with E-state index in [9.17, 15) is 0 Å². The maximum absolute atomic E-state index is 2.32. The van der Waals surface area contributed by atoms with Crippen LogP contribution in [0.5, 0.6) is 0 Å². The Morgan fingerprint density at radius 3 is 2.38 bits per heavy atom. The molecule has 2 aliphatic rings. The van der Waals surface area contributed by atoms with Crippen molar-refractivity contribution >= 4 is 0 Å². The van der Waals surface area contributed by atoms with E-state index in [0.717, 1.165) is 5.92 Å². The Morgan fingerprint density at radius 2 is 1.69 bits per heavy atom. The number of likely N-dealkylation sites (tertiary alicyclic amines) is 1. The Labute approximate surface area is 81.1 Å².